The molecule has 0 atom stereocenters. The third-order valence-electron chi connectivity index (χ3n) is 5.26. The summed E-state index contributed by atoms with van der Waals surface area (Å²) >= 11 is 12.5. The maximum atomic E-state index is 13.1. The van der Waals surface area contributed by atoms with Crippen molar-refractivity contribution in [2.45, 2.75) is 46.3 Å². The van der Waals surface area contributed by atoms with E-state index in [4.69, 9.17) is 32.9 Å². The Bertz CT molecular complexity index is 1130. The van der Waals surface area contributed by atoms with Crippen LogP contribution in [0.5, 0.6) is 5.75 Å². The number of halogens is 2. The highest BCUT2D eigenvalue weighted by molar-refractivity contribution is 6.36. The Morgan fingerprint density at radius 1 is 1.06 bits per heavy atom. The summed E-state index contributed by atoms with van der Waals surface area (Å²) in [6.07, 6.45) is 5.72. The van der Waals surface area contributed by atoms with Crippen molar-refractivity contribution in [1.29, 1.82) is 0 Å². The first-order valence-corrected chi connectivity index (χ1v) is 11.6. The van der Waals surface area contributed by atoms with E-state index in [1.54, 1.807) is 19.2 Å². The maximum Gasteiger partial charge on any atom is 0.243 e. The van der Waals surface area contributed by atoms with Gasteiger partial charge in [-0.1, -0.05) is 41.4 Å². The minimum atomic E-state index is 0.0326. The number of rotatable bonds is 8. The molecule has 1 heterocycles. The van der Waals surface area contributed by atoms with E-state index in [9.17, 15) is 4.79 Å². The Morgan fingerprint density at radius 3 is 2.30 bits per heavy atom. The second kappa shape index (κ2) is 10.9. The number of ether oxygens (including phenoxy) is 1. The van der Waals surface area contributed by atoms with Gasteiger partial charge in [-0.25, -0.2) is 4.98 Å². The monoisotopic (exact) mass is 485 g/mol. The SMILES string of the molecule is COc1ccc(C=Cc2nc(-c3ccc(Cl)cc3Cl)cn2CC(=O)N(C(C)C)C(C)C)cc1. The molecular weight excluding hydrogens is 457 g/mol. The summed E-state index contributed by atoms with van der Waals surface area (Å²) in [5.74, 6) is 1.49. The number of hydrogen-bond acceptors (Lipinski definition) is 3. The average Bonchev–Trinajstić information content (AvgIpc) is 3.14. The van der Waals surface area contributed by atoms with Gasteiger partial charge in [0.25, 0.3) is 0 Å². The zero-order valence-electron chi connectivity index (χ0n) is 19.5. The molecule has 5 nitrogen and oxygen atoms in total. The van der Waals surface area contributed by atoms with Gasteiger partial charge in [0.2, 0.25) is 5.91 Å². The molecule has 0 aliphatic carbocycles. The van der Waals surface area contributed by atoms with Gasteiger partial charge in [0.15, 0.2) is 0 Å². The quantitative estimate of drug-likeness (QED) is 0.357. The second-order valence-electron chi connectivity index (χ2n) is 8.33. The molecule has 0 bridgehead atoms. The molecule has 2 aromatic carbocycles. The number of methoxy groups -OCH3 is 1. The molecule has 3 aromatic rings. The van der Waals surface area contributed by atoms with Gasteiger partial charge in [-0.2, -0.15) is 0 Å². The molecule has 0 saturated heterocycles. The molecule has 0 saturated carbocycles. The van der Waals surface area contributed by atoms with Crippen molar-refractivity contribution >= 4 is 41.3 Å². The molecule has 0 aliphatic rings. The van der Waals surface area contributed by atoms with Crippen LogP contribution in [0.25, 0.3) is 23.4 Å². The number of hydrogen-bond donors (Lipinski definition) is 0. The molecule has 33 heavy (non-hydrogen) atoms. The molecule has 0 fully saturated rings. The molecule has 0 spiro atoms. The third kappa shape index (κ3) is 6.18. The van der Waals surface area contributed by atoms with E-state index in [-0.39, 0.29) is 24.5 Å². The molecular formula is C26H29Cl2N3O2. The van der Waals surface area contributed by atoms with Gasteiger partial charge in [0.1, 0.15) is 18.1 Å². The van der Waals surface area contributed by atoms with E-state index in [1.807, 2.05) is 85.8 Å². The number of carbonyl (C=O) groups excluding carboxylic acids is 1. The van der Waals surface area contributed by atoms with E-state index in [1.165, 1.54) is 0 Å². The van der Waals surface area contributed by atoms with E-state index in [0.717, 1.165) is 16.9 Å². The number of benzene rings is 2. The molecule has 1 amide bonds. The van der Waals surface area contributed by atoms with Crippen LogP contribution < -0.4 is 4.74 Å². The molecule has 3 rings (SSSR count). The van der Waals surface area contributed by atoms with Crippen molar-refractivity contribution in [3.05, 3.63) is 70.1 Å². The Hall–Kier alpha value is -2.76. The van der Waals surface area contributed by atoms with Gasteiger partial charge >= 0.3 is 0 Å². The average molecular weight is 486 g/mol. The minimum Gasteiger partial charge on any atom is -0.497 e. The van der Waals surface area contributed by atoms with Gasteiger partial charge in [-0.05, 0) is 69.7 Å². The predicted molar refractivity (Wildman–Crippen MR) is 137 cm³/mol. The second-order valence-corrected chi connectivity index (χ2v) is 9.18. The zero-order valence-corrected chi connectivity index (χ0v) is 21.1. The van der Waals surface area contributed by atoms with E-state index >= 15 is 0 Å². The van der Waals surface area contributed by atoms with Gasteiger partial charge in [0.05, 0.1) is 17.8 Å². The lowest BCUT2D eigenvalue weighted by Crippen LogP contribution is -2.43. The first kappa shape index (κ1) is 24.9. The van der Waals surface area contributed by atoms with E-state index < -0.39 is 0 Å². The fourth-order valence-corrected chi connectivity index (χ4v) is 4.31. The normalized spacial score (nSPS) is 11.5. The Kier molecular flexibility index (Phi) is 8.22. The number of carbonyl (C=O) groups is 1. The van der Waals surface area contributed by atoms with Crippen molar-refractivity contribution in [2.24, 2.45) is 0 Å². The summed E-state index contributed by atoms with van der Waals surface area (Å²) in [7, 11) is 1.64. The van der Waals surface area contributed by atoms with Crippen LogP contribution in [0.4, 0.5) is 0 Å². The number of aromatic nitrogens is 2. The summed E-state index contributed by atoms with van der Waals surface area (Å²) in [6.45, 7) is 8.27. The van der Waals surface area contributed by atoms with Crippen molar-refractivity contribution in [3.63, 3.8) is 0 Å². The topological polar surface area (TPSA) is 47.4 Å². The molecule has 0 N–H and O–H groups in total. The highest BCUT2D eigenvalue weighted by atomic mass is 35.5. The van der Waals surface area contributed by atoms with Gasteiger partial charge in [-0.3, -0.25) is 4.79 Å². The largest absolute Gasteiger partial charge is 0.497 e. The molecule has 0 unspecified atom stereocenters. The number of amides is 1. The van der Waals surface area contributed by atoms with Crippen LogP contribution in [-0.2, 0) is 11.3 Å². The summed E-state index contributed by atoms with van der Waals surface area (Å²) in [4.78, 5) is 19.8. The highest BCUT2D eigenvalue weighted by Crippen LogP contribution is 2.30. The van der Waals surface area contributed by atoms with E-state index in [0.29, 0.717) is 21.6 Å². The fourth-order valence-electron chi connectivity index (χ4n) is 3.80. The smallest absolute Gasteiger partial charge is 0.243 e. The summed E-state index contributed by atoms with van der Waals surface area (Å²) in [5.41, 5.74) is 2.43. The Balaban J connectivity index is 1.98. The van der Waals surface area contributed by atoms with Crippen molar-refractivity contribution in [1.82, 2.24) is 14.5 Å². The lowest BCUT2D eigenvalue weighted by Gasteiger charge is -2.31. The Labute approximate surface area is 205 Å². The molecule has 174 valence electrons. The number of imidazole rings is 1. The van der Waals surface area contributed by atoms with Crippen molar-refractivity contribution < 1.29 is 9.53 Å². The summed E-state index contributed by atoms with van der Waals surface area (Å²) in [6, 6.07) is 13.2. The third-order valence-corrected chi connectivity index (χ3v) is 5.81. The van der Waals surface area contributed by atoms with Crippen LogP contribution >= 0.6 is 23.2 Å². The van der Waals surface area contributed by atoms with Crippen molar-refractivity contribution in [3.8, 4) is 17.0 Å². The van der Waals surface area contributed by atoms with Gasteiger partial charge < -0.3 is 14.2 Å². The van der Waals surface area contributed by atoms with Crippen LogP contribution in [0.2, 0.25) is 10.0 Å². The fraction of sp³-hybridized carbons (Fsp3) is 0.308. The number of nitrogens with zero attached hydrogens (tertiary/aromatic N) is 3. The van der Waals surface area contributed by atoms with Crippen LogP contribution in [0.3, 0.4) is 0 Å². The predicted octanol–water partition coefficient (Wildman–Crippen LogP) is 6.68. The summed E-state index contributed by atoms with van der Waals surface area (Å²) < 4.78 is 7.08. The first-order chi connectivity index (χ1) is 15.7. The van der Waals surface area contributed by atoms with Crippen molar-refractivity contribution in [2.75, 3.05) is 7.11 Å². The lowest BCUT2D eigenvalue weighted by molar-refractivity contribution is -0.135. The molecule has 0 radical (unpaired) electrons. The van der Waals surface area contributed by atoms with E-state index in [2.05, 4.69) is 0 Å². The Morgan fingerprint density at radius 2 is 1.73 bits per heavy atom. The maximum absolute atomic E-state index is 13.1. The molecule has 1 aromatic heterocycles. The molecule has 0 aliphatic heterocycles. The lowest BCUT2D eigenvalue weighted by atomic mass is 10.2. The van der Waals surface area contributed by atoms with Crippen LogP contribution in [0.15, 0.2) is 48.7 Å². The molecule has 7 heteroatoms. The van der Waals surface area contributed by atoms with Gasteiger partial charge in [-0.15, -0.1) is 0 Å². The zero-order chi connectivity index (χ0) is 24.1. The van der Waals surface area contributed by atoms with Crippen LogP contribution in [-0.4, -0.2) is 39.6 Å². The highest BCUT2D eigenvalue weighted by Gasteiger charge is 2.22. The summed E-state index contributed by atoms with van der Waals surface area (Å²) in [5, 5.41) is 1.07. The minimum absolute atomic E-state index is 0.0326. The van der Waals surface area contributed by atoms with Gasteiger partial charge in [0, 0.05) is 28.9 Å². The van der Waals surface area contributed by atoms with Crippen LogP contribution in [0.1, 0.15) is 39.1 Å². The standard InChI is InChI=1S/C26H29Cl2N3O2/c1-17(2)31(18(3)4)26(32)16-30-15-24(22-12-9-20(27)14-23(22)28)29-25(30)13-8-19-6-10-21(33-5)11-7-19/h6-15,17-18H,16H2,1-5H3. The first-order valence-electron chi connectivity index (χ1n) is 10.9. The van der Waals surface area contributed by atoms with Crippen LogP contribution in [0, 0.1) is 0 Å².